The van der Waals surface area contributed by atoms with Gasteiger partial charge < -0.3 is 10.6 Å². The molecule has 0 aromatic carbocycles. The molecule has 3 fully saturated rings. The van der Waals surface area contributed by atoms with E-state index in [2.05, 4.69) is 30.4 Å². The Labute approximate surface area is 149 Å². The van der Waals surface area contributed by atoms with Crippen LogP contribution in [0.5, 0.6) is 0 Å². The average Bonchev–Trinajstić information content (AvgIpc) is 3.08. The minimum Gasteiger partial charge on any atom is -0.356 e. The fraction of sp³-hybridized carbons (Fsp3) is 0.733. The van der Waals surface area contributed by atoms with Crippen molar-refractivity contribution in [2.24, 2.45) is 4.99 Å². The van der Waals surface area contributed by atoms with Gasteiger partial charge in [-0.05, 0) is 0 Å². The molecule has 3 saturated heterocycles. The Hall–Kier alpha value is -1.39. The first-order valence-corrected chi connectivity index (χ1v) is 9.26. The molecule has 1 aromatic rings. The first kappa shape index (κ1) is 18.4. The summed E-state index contributed by atoms with van der Waals surface area (Å²) in [4.78, 5) is 12.8. The number of alkyl halides is 3. The second kappa shape index (κ2) is 7.88. The molecule has 25 heavy (non-hydrogen) atoms. The molecular formula is C15H23F3N6S. The molecule has 2 N–H and O–H groups in total. The molecule has 6 nitrogen and oxygen atoms in total. The van der Waals surface area contributed by atoms with Gasteiger partial charge in [-0.3, -0.25) is 14.8 Å². The SMILES string of the molecule is CN=C(NCCc1nc(C(F)(F)F)cs1)NCC1CN2CCN1CC2. The van der Waals surface area contributed by atoms with Crippen molar-refractivity contribution in [2.45, 2.75) is 18.6 Å². The first-order chi connectivity index (χ1) is 12.0. The summed E-state index contributed by atoms with van der Waals surface area (Å²) in [5.74, 6) is 0.672. The van der Waals surface area contributed by atoms with Crippen LogP contribution in [0.3, 0.4) is 0 Å². The summed E-state index contributed by atoms with van der Waals surface area (Å²) in [5.41, 5.74) is -0.814. The number of hydrogen-bond donors (Lipinski definition) is 2. The number of halogens is 3. The van der Waals surface area contributed by atoms with Gasteiger partial charge in [-0.2, -0.15) is 13.2 Å². The van der Waals surface area contributed by atoms with Gasteiger partial charge in [0.2, 0.25) is 0 Å². The predicted molar refractivity (Wildman–Crippen MR) is 92.0 cm³/mol. The molecular weight excluding hydrogens is 353 g/mol. The zero-order chi connectivity index (χ0) is 17.9. The van der Waals surface area contributed by atoms with Crippen LogP contribution in [0.1, 0.15) is 10.7 Å². The first-order valence-electron chi connectivity index (χ1n) is 8.38. The Morgan fingerprint density at radius 3 is 2.64 bits per heavy atom. The largest absolute Gasteiger partial charge is 0.434 e. The van der Waals surface area contributed by atoms with Crippen molar-refractivity contribution < 1.29 is 13.2 Å². The molecule has 0 amide bonds. The second-order valence-corrected chi connectivity index (χ2v) is 7.19. The van der Waals surface area contributed by atoms with Gasteiger partial charge >= 0.3 is 6.18 Å². The maximum atomic E-state index is 12.5. The molecule has 0 radical (unpaired) electrons. The van der Waals surface area contributed by atoms with Crippen molar-refractivity contribution >= 4 is 17.3 Å². The molecule has 1 unspecified atom stereocenters. The van der Waals surface area contributed by atoms with Crippen molar-refractivity contribution in [3.63, 3.8) is 0 Å². The monoisotopic (exact) mass is 376 g/mol. The maximum absolute atomic E-state index is 12.5. The van der Waals surface area contributed by atoms with E-state index < -0.39 is 11.9 Å². The van der Waals surface area contributed by atoms with Gasteiger partial charge in [0.25, 0.3) is 0 Å². The number of thiazole rings is 1. The number of piperazine rings is 3. The Balaban J connectivity index is 1.40. The lowest BCUT2D eigenvalue weighted by atomic mass is 10.1. The van der Waals surface area contributed by atoms with E-state index in [1.165, 1.54) is 0 Å². The van der Waals surface area contributed by atoms with Crippen molar-refractivity contribution in [3.8, 4) is 0 Å². The molecule has 4 rings (SSSR count). The Bertz CT molecular complexity index is 594. The summed E-state index contributed by atoms with van der Waals surface area (Å²) >= 11 is 1.04. The lowest BCUT2D eigenvalue weighted by molar-refractivity contribution is -0.140. The molecule has 10 heteroatoms. The predicted octanol–water partition coefficient (Wildman–Crippen LogP) is 0.869. The van der Waals surface area contributed by atoms with Gasteiger partial charge in [0.1, 0.15) is 0 Å². The summed E-state index contributed by atoms with van der Waals surface area (Å²) in [5, 5.41) is 7.99. The van der Waals surface area contributed by atoms with Crippen LogP contribution in [-0.4, -0.2) is 79.6 Å². The van der Waals surface area contributed by atoms with Gasteiger partial charge in [0.05, 0.1) is 5.01 Å². The number of hydrogen-bond acceptors (Lipinski definition) is 5. The minimum atomic E-state index is -4.37. The third kappa shape index (κ3) is 4.83. The van der Waals surface area contributed by atoms with E-state index in [-0.39, 0.29) is 0 Å². The number of guanidine groups is 1. The highest BCUT2D eigenvalue weighted by atomic mass is 32.1. The van der Waals surface area contributed by atoms with Crippen molar-refractivity contribution in [2.75, 3.05) is 52.9 Å². The Kier molecular flexibility index (Phi) is 5.80. The lowest BCUT2D eigenvalue weighted by Crippen LogP contribution is -2.63. The lowest BCUT2D eigenvalue weighted by Gasteiger charge is -2.47. The molecule has 2 bridgehead atoms. The molecule has 140 valence electrons. The molecule has 3 aliphatic heterocycles. The van der Waals surface area contributed by atoms with E-state index in [9.17, 15) is 13.2 Å². The average molecular weight is 376 g/mol. The fourth-order valence-corrected chi connectivity index (χ4v) is 4.00. The van der Waals surface area contributed by atoms with E-state index in [1.54, 1.807) is 7.05 Å². The third-order valence-corrected chi connectivity index (χ3v) is 5.50. The maximum Gasteiger partial charge on any atom is 0.434 e. The van der Waals surface area contributed by atoms with E-state index >= 15 is 0 Å². The van der Waals surface area contributed by atoms with Crippen LogP contribution in [0.4, 0.5) is 13.2 Å². The number of aliphatic imine (C=N–C) groups is 1. The molecule has 0 spiro atoms. The van der Waals surface area contributed by atoms with Gasteiger partial charge in [0.15, 0.2) is 11.7 Å². The number of fused-ring (bicyclic) bond motifs is 3. The van der Waals surface area contributed by atoms with Gasteiger partial charge in [-0.1, -0.05) is 0 Å². The number of rotatable bonds is 5. The van der Waals surface area contributed by atoms with Crippen LogP contribution >= 0.6 is 11.3 Å². The zero-order valence-corrected chi connectivity index (χ0v) is 15.0. The van der Waals surface area contributed by atoms with Crippen molar-refractivity contribution in [1.29, 1.82) is 0 Å². The summed E-state index contributed by atoms with van der Waals surface area (Å²) in [6, 6.07) is 0.481. The molecule has 1 atom stereocenters. The Morgan fingerprint density at radius 2 is 2.08 bits per heavy atom. The van der Waals surface area contributed by atoms with E-state index in [1.807, 2.05) is 0 Å². The van der Waals surface area contributed by atoms with Crippen LogP contribution in [0.25, 0.3) is 0 Å². The van der Waals surface area contributed by atoms with Gasteiger partial charge in [-0.25, -0.2) is 4.98 Å². The highest BCUT2D eigenvalue weighted by molar-refractivity contribution is 7.09. The Morgan fingerprint density at radius 1 is 1.32 bits per heavy atom. The van der Waals surface area contributed by atoms with Crippen LogP contribution in [-0.2, 0) is 12.6 Å². The van der Waals surface area contributed by atoms with Crippen molar-refractivity contribution in [1.82, 2.24) is 25.4 Å². The second-order valence-electron chi connectivity index (χ2n) is 6.24. The molecule has 0 saturated carbocycles. The number of nitrogens with zero attached hydrogens (tertiary/aromatic N) is 4. The van der Waals surface area contributed by atoms with E-state index in [0.29, 0.717) is 30.0 Å². The normalized spacial score (nSPS) is 26.7. The van der Waals surface area contributed by atoms with E-state index in [0.717, 1.165) is 56.0 Å². The zero-order valence-electron chi connectivity index (χ0n) is 14.1. The van der Waals surface area contributed by atoms with Crippen molar-refractivity contribution in [3.05, 3.63) is 16.1 Å². The summed E-state index contributed by atoms with van der Waals surface area (Å²) in [6.45, 7) is 6.91. The summed E-state index contributed by atoms with van der Waals surface area (Å²) in [6.07, 6.45) is -3.94. The number of aromatic nitrogens is 1. The topological polar surface area (TPSA) is 55.8 Å². The fourth-order valence-electron chi connectivity index (χ4n) is 3.20. The number of nitrogens with one attached hydrogen (secondary N) is 2. The molecule has 4 heterocycles. The standard InChI is InChI=1S/C15H23F3N6S/c1-19-14(21-8-11-9-23-4-6-24(11)7-5-23)20-3-2-13-22-12(10-25-13)15(16,17)18/h10-11H,2-9H2,1H3,(H2,19,20,21). The quantitative estimate of drug-likeness (QED) is 0.590. The van der Waals surface area contributed by atoms with E-state index in [4.69, 9.17) is 0 Å². The van der Waals surface area contributed by atoms with Gasteiger partial charge in [-0.15, -0.1) is 11.3 Å². The molecule has 0 aliphatic carbocycles. The van der Waals surface area contributed by atoms with Crippen LogP contribution < -0.4 is 10.6 Å². The highest BCUT2D eigenvalue weighted by Gasteiger charge is 2.33. The summed E-state index contributed by atoms with van der Waals surface area (Å²) < 4.78 is 37.6. The van der Waals surface area contributed by atoms with Crippen LogP contribution in [0.2, 0.25) is 0 Å². The minimum absolute atomic E-state index is 0.435. The van der Waals surface area contributed by atoms with Crippen LogP contribution in [0.15, 0.2) is 10.4 Å². The van der Waals surface area contributed by atoms with Gasteiger partial charge in [0, 0.05) is 70.7 Å². The van der Waals surface area contributed by atoms with Crippen LogP contribution in [0, 0.1) is 0 Å². The molecule has 3 aliphatic rings. The third-order valence-electron chi connectivity index (χ3n) is 4.59. The smallest absolute Gasteiger partial charge is 0.356 e. The molecule has 1 aromatic heterocycles. The highest BCUT2D eigenvalue weighted by Crippen LogP contribution is 2.29. The summed E-state index contributed by atoms with van der Waals surface area (Å²) in [7, 11) is 1.69.